The van der Waals surface area contributed by atoms with E-state index in [1.54, 1.807) is 18.2 Å². The topological polar surface area (TPSA) is 12.5 Å². The number of ether oxygens (including phenoxy) is 1. The van der Waals surface area contributed by atoms with Crippen molar-refractivity contribution in [3.05, 3.63) is 76.7 Å². The fraction of sp³-hybridized carbons (Fsp3) is 0.548. The molecule has 35 heavy (non-hydrogen) atoms. The van der Waals surface area contributed by atoms with Gasteiger partial charge < -0.3 is 4.74 Å². The minimum Gasteiger partial charge on any atom is -0.372 e. The lowest BCUT2D eigenvalue weighted by molar-refractivity contribution is 0.284. The summed E-state index contributed by atoms with van der Waals surface area (Å²) in [5.74, 6) is -0.0169. The number of halogens is 3. The molecule has 1 heterocycles. The van der Waals surface area contributed by atoms with Gasteiger partial charge in [0.25, 0.3) is 0 Å². The molecule has 0 radical (unpaired) electrons. The van der Waals surface area contributed by atoms with Gasteiger partial charge in [-0.2, -0.15) is 0 Å². The number of aryl methyl sites for hydroxylation is 1. The maximum atomic E-state index is 14.9. The van der Waals surface area contributed by atoms with E-state index in [1.807, 2.05) is 6.92 Å². The number of allylic oxidation sites excluding steroid dienone is 7. The second-order valence-electron chi connectivity index (χ2n) is 10.9. The highest BCUT2D eigenvalue weighted by Crippen LogP contribution is 2.41. The molecule has 1 nitrogen and oxygen atoms in total. The average molecular weight is 483 g/mol. The molecule has 0 bridgehead atoms. The molecule has 188 valence electrons. The van der Waals surface area contributed by atoms with Gasteiger partial charge in [-0.1, -0.05) is 36.4 Å². The highest BCUT2D eigenvalue weighted by atomic mass is 19.2. The molecule has 1 saturated heterocycles. The van der Waals surface area contributed by atoms with Crippen LogP contribution in [0.4, 0.5) is 13.2 Å². The van der Waals surface area contributed by atoms with Gasteiger partial charge in [0.1, 0.15) is 5.83 Å². The first-order chi connectivity index (χ1) is 17.0. The Bertz CT molecular complexity index is 1040. The predicted molar refractivity (Wildman–Crippen MR) is 135 cm³/mol. The fourth-order valence-corrected chi connectivity index (χ4v) is 6.32. The first-order valence-electron chi connectivity index (χ1n) is 13.5. The number of rotatable bonds is 7. The van der Waals surface area contributed by atoms with Gasteiger partial charge in [0.15, 0.2) is 11.6 Å². The Kier molecular flexibility index (Phi) is 7.67. The van der Waals surface area contributed by atoms with Crippen LogP contribution in [0.3, 0.4) is 0 Å². The van der Waals surface area contributed by atoms with Crippen LogP contribution in [-0.2, 0) is 11.2 Å². The third kappa shape index (κ3) is 5.69. The minimum atomic E-state index is -0.685. The molecule has 0 N–H and O–H groups in total. The smallest absolute Gasteiger partial charge is 0.166 e. The lowest BCUT2D eigenvalue weighted by atomic mass is 9.75. The molecule has 5 rings (SSSR count). The van der Waals surface area contributed by atoms with Crippen LogP contribution in [-0.4, -0.2) is 12.7 Å². The van der Waals surface area contributed by atoms with E-state index in [0.717, 1.165) is 68.9 Å². The summed E-state index contributed by atoms with van der Waals surface area (Å²) < 4.78 is 49.6. The Hall–Kier alpha value is -2.07. The molecule has 3 atom stereocenters. The average Bonchev–Trinajstić information content (AvgIpc) is 3.71. The first-order valence-corrected chi connectivity index (χ1v) is 13.5. The van der Waals surface area contributed by atoms with Crippen LogP contribution in [0.5, 0.6) is 0 Å². The predicted octanol–water partition coefficient (Wildman–Crippen LogP) is 8.66. The number of hydrogen-bond acceptors (Lipinski definition) is 1. The molecule has 0 amide bonds. The Morgan fingerprint density at radius 2 is 1.77 bits per heavy atom. The SMILES string of the molecule is C/C=C/C1CC=C(c2ccc(CCC3CCC(C4=CCC(C5CO5)C(F)=C4)CC3)c(F)c2F)CC1. The van der Waals surface area contributed by atoms with Gasteiger partial charge in [0.2, 0.25) is 0 Å². The molecule has 1 aliphatic heterocycles. The molecule has 4 aliphatic rings. The van der Waals surface area contributed by atoms with Gasteiger partial charge in [-0.3, -0.25) is 0 Å². The van der Waals surface area contributed by atoms with Gasteiger partial charge in [-0.05, 0) is 112 Å². The van der Waals surface area contributed by atoms with E-state index in [1.165, 1.54) is 0 Å². The van der Waals surface area contributed by atoms with Gasteiger partial charge in [0.05, 0.1) is 12.7 Å². The largest absolute Gasteiger partial charge is 0.372 e. The molecule has 4 heteroatoms. The van der Waals surface area contributed by atoms with E-state index >= 15 is 0 Å². The van der Waals surface area contributed by atoms with E-state index in [4.69, 9.17) is 4.74 Å². The van der Waals surface area contributed by atoms with Crippen molar-refractivity contribution in [3.8, 4) is 0 Å². The van der Waals surface area contributed by atoms with Crippen LogP contribution in [0.15, 0.2) is 53.9 Å². The fourth-order valence-electron chi connectivity index (χ4n) is 6.32. The van der Waals surface area contributed by atoms with E-state index < -0.39 is 11.6 Å². The summed E-state index contributed by atoms with van der Waals surface area (Å²) >= 11 is 0. The third-order valence-electron chi connectivity index (χ3n) is 8.64. The quantitative estimate of drug-likeness (QED) is 0.280. The van der Waals surface area contributed by atoms with E-state index in [9.17, 15) is 13.2 Å². The van der Waals surface area contributed by atoms with Gasteiger partial charge >= 0.3 is 0 Å². The highest BCUT2D eigenvalue weighted by Gasteiger charge is 2.37. The van der Waals surface area contributed by atoms with Crippen molar-refractivity contribution >= 4 is 5.57 Å². The zero-order valence-corrected chi connectivity index (χ0v) is 20.7. The maximum Gasteiger partial charge on any atom is 0.166 e. The molecule has 1 aromatic carbocycles. The van der Waals surface area contributed by atoms with Gasteiger partial charge in [-0.15, -0.1) is 0 Å². The van der Waals surface area contributed by atoms with Crippen LogP contribution in [0.1, 0.15) is 75.8 Å². The number of hydrogen-bond donors (Lipinski definition) is 0. The van der Waals surface area contributed by atoms with Crippen molar-refractivity contribution in [1.29, 1.82) is 0 Å². The lowest BCUT2D eigenvalue weighted by Crippen LogP contribution is -2.19. The monoisotopic (exact) mass is 482 g/mol. The Morgan fingerprint density at radius 3 is 2.43 bits per heavy atom. The Labute approximate surface area is 207 Å². The van der Waals surface area contributed by atoms with Crippen LogP contribution in [0, 0.1) is 35.3 Å². The van der Waals surface area contributed by atoms with Gasteiger partial charge in [-0.25, -0.2) is 13.2 Å². The molecule has 3 aliphatic carbocycles. The molecule has 0 spiro atoms. The van der Waals surface area contributed by atoms with Crippen molar-refractivity contribution in [1.82, 2.24) is 0 Å². The van der Waals surface area contributed by atoms with E-state index in [-0.39, 0.29) is 17.8 Å². The summed E-state index contributed by atoms with van der Waals surface area (Å²) in [6.45, 7) is 2.70. The summed E-state index contributed by atoms with van der Waals surface area (Å²) in [6, 6.07) is 3.57. The van der Waals surface area contributed by atoms with E-state index in [2.05, 4.69) is 24.3 Å². The summed E-state index contributed by atoms with van der Waals surface area (Å²) in [5, 5.41) is 0. The molecular weight excluding hydrogens is 445 g/mol. The lowest BCUT2D eigenvalue weighted by Gasteiger charge is -2.31. The Morgan fingerprint density at radius 1 is 0.971 bits per heavy atom. The molecule has 1 saturated carbocycles. The summed E-state index contributed by atoms with van der Waals surface area (Å²) in [4.78, 5) is 0. The molecular formula is C31H37F3O. The molecule has 2 fully saturated rings. The number of benzene rings is 1. The zero-order chi connectivity index (χ0) is 24.4. The van der Waals surface area contributed by atoms with Crippen LogP contribution < -0.4 is 0 Å². The molecule has 3 unspecified atom stereocenters. The molecule has 0 aromatic heterocycles. The van der Waals surface area contributed by atoms with Crippen LogP contribution in [0.2, 0.25) is 0 Å². The van der Waals surface area contributed by atoms with Crippen LogP contribution >= 0.6 is 0 Å². The second-order valence-corrected chi connectivity index (χ2v) is 10.9. The van der Waals surface area contributed by atoms with Crippen molar-refractivity contribution in [2.75, 3.05) is 6.61 Å². The van der Waals surface area contributed by atoms with Crippen molar-refractivity contribution in [2.24, 2.45) is 23.7 Å². The minimum absolute atomic E-state index is 0.0188. The van der Waals surface area contributed by atoms with Crippen LogP contribution in [0.25, 0.3) is 5.57 Å². The summed E-state index contributed by atoms with van der Waals surface area (Å²) in [5.41, 5.74) is 3.01. The van der Waals surface area contributed by atoms with Crippen molar-refractivity contribution < 1.29 is 17.9 Å². The standard InChI is InChI=1S/C31H37F3O/c1-2-3-20-6-11-23(12-7-20)26-16-14-24(30(33)31(26)34)13-8-21-4-9-22(10-5-21)25-15-17-27(28(32)18-25)29-19-35-29/h2-3,11,14-16,18,20-22,27,29H,4-10,12-13,17,19H2,1H3/b3-2+. The summed E-state index contributed by atoms with van der Waals surface area (Å²) in [7, 11) is 0. The zero-order valence-electron chi connectivity index (χ0n) is 20.7. The first kappa shape index (κ1) is 24.6. The third-order valence-corrected chi connectivity index (χ3v) is 8.64. The highest BCUT2D eigenvalue weighted by molar-refractivity contribution is 5.67. The van der Waals surface area contributed by atoms with Gasteiger partial charge in [0, 0.05) is 11.5 Å². The number of epoxide rings is 1. The molecule has 1 aromatic rings. The van der Waals surface area contributed by atoms with Crippen molar-refractivity contribution in [2.45, 2.75) is 77.2 Å². The normalized spacial score (nSPS) is 31.2. The Balaban J connectivity index is 1.13. The van der Waals surface area contributed by atoms with E-state index in [0.29, 0.717) is 41.9 Å². The maximum absolute atomic E-state index is 14.9. The second kappa shape index (κ2) is 10.9. The summed E-state index contributed by atoms with van der Waals surface area (Å²) in [6.07, 6.45) is 19.5. The van der Waals surface area contributed by atoms with Crippen molar-refractivity contribution in [3.63, 3.8) is 0 Å².